The summed E-state index contributed by atoms with van der Waals surface area (Å²) in [4.78, 5) is 12.2. The summed E-state index contributed by atoms with van der Waals surface area (Å²) in [6.45, 7) is 3.83. The van der Waals surface area contributed by atoms with Crippen LogP contribution < -0.4 is 5.32 Å². The highest BCUT2D eigenvalue weighted by Gasteiger charge is 2.12. The van der Waals surface area contributed by atoms with E-state index in [1.807, 2.05) is 32.0 Å². The molecule has 0 aliphatic carbocycles. The molecule has 2 aromatic carbocycles. The molecule has 1 amide bonds. The van der Waals surface area contributed by atoms with Gasteiger partial charge in [-0.25, -0.2) is 0 Å². The maximum absolute atomic E-state index is 12.2. The summed E-state index contributed by atoms with van der Waals surface area (Å²) < 4.78 is 0.982. The first-order valence-corrected chi connectivity index (χ1v) is 7.12. The first-order valence-electron chi connectivity index (χ1n) is 6.33. The van der Waals surface area contributed by atoms with E-state index in [0.717, 1.165) is 15.6 Å². The van der Waals surface area contributed by atoms with Gasteiger partial charge in [0, 0.05) is 10.0 Å². The number of halogens is 1. The van der Waals surface area contributed by atoms with Gasteiger partial charge in [0.05, 0.1) is 6.04 Å². The summed E-state index contributed by atoms with van der Waals surface area (Å²) in [5.41, 5.74) is 2.51. The predicted molar refractivity (Wildman–Crippen MR) is 82.9 cm³/mol. The molecular formula is C16H16BrNO2. The van der Waals surface area contributed by atoms with Gasteiger partial charge in [-0.3, -0.25) is 4.79 Å². The van der Waals surface area contributed by atoms with Crippen molar-refractivity contribution in [1.29, 1.82) is 0 Å². The van der Waals surface area contributed by atoms with E-state index in [0.29, 0.717) is 5.56 Å². The van der Waals surface area contributed by atoms with Crippen molar-refractivity contribution in [3.05, 3.63) is 63.6 Å². The Kier molecular flexibility index (Phi) is 4.45. The number of benzene rings is 2. The van der Waals surface area contributed by atoms with Crippen molar-refractivity contribution < 1.29 is 9.90 Å². The van der Waals surface area contributed by atoms with Gasteiger partial charge in [-0.2, -0.15) is 0 Å². The van der Waals surface area contributed by atoms with E-state index in [9.17, 15) is 9.90 Å². The lowest BCUT2D eigenvalue weighted by Gasteiger charge is -2.15. The van der Waals surface area contributed by atoms with E-state index in [4.69, 9.17) is 0 Å². The minimum Gasteiger partial charge on any atom is -0.508 e. The van der Waals surface area contributed by atoms with Crippen LogP contribution in [0.4, 0.5) is 0 Å². The van der Waals surface area contributed by atoms with Gasteiger partial charge >= 0.3 is 0 Å². The molecule has 0 aromatic heterocycles. The van der Waals surface area contributed by atoms with E-state index >= 15 is 0 Å². The molecule has 4 heteroatoms. The monoisotopic (exact) mass is 333 g/mol. The molecule has 0 bridgehead atoms. The van der Waals surface area contributed by atoms with Crippen LogP contribution in [-0.2, 0) is 0 Å². The van der Waals surface area contributed by atoms with Crippen LogP contribution in [0.3, 0.4) is 0 Å². The summed E-state index contributed by atoms with van der Waals surface area (Å²) in [7, 11) is 0. The quantitative estimate of drug-likeness (QED) is 0.893. The maximum atomic E-state index is 12.2. The molecule has 2 aromatic rings. The van der Waals surface area contributed by atoms with Gasteiger partial charge in [0.1, 0.15) is 5.75 Å². The van der Waals surface area contributed by atoms with Gasteiger partial charge in [-0.15, -0.1) is 0 Å². The Morgan fingerprint density at radius 2 is 2.00 bits per heavy atom. The van der Waals surface area contributed by atoms with Crippen LogP contribution in [0.2, 0.25) is 0 Å². The van der Waals surface area contributed by atoms with Crippen LogP contribution in [0.25, 0.3) is 0 Å². The second kappa shape index (κ2) is 6.09. The molecule has 2 N–H and O–H groups in total. The van der Waals surface area contributed by atoms with Crippen LogP contribution in [-0.4, -0.2) is 11.0 Å². The lowest BCUT2D eigenvalue weighted by atomic mass is 10.1. The SMILES string of the molecule is Cc1cc(C(=O)NC(C)c2cccc(O)c2)ccc1Br. The third-order valence-electron chi connectivity index (χ3n) is 3.14. The number of carbonyl (C=O) groups is 1. The number of amides is 1. The molecular weight excluding hydrogens is 318 g/mol. The van der Waals surface area contributed by atoms with Crippen molar-refractivity contribution in [2.75, 3.05) is 0 Å². The van der Waals surface area contributed by atoms with Crippen LogP contribution in [0.1, 0.15) is 34.5 Å². The normalized spacial score (nSPS) is 11.9. The molecule has 0 fully saturated rings. The molecule has 1 atom stereocenters. The lowest BCUT2D eigenvalue weighted by Crippen LogP contribution is -2.26. The van der Waals surface area contributed by atoms with Crippen LogP contribution >= 0.6 is 15.9 Å². The van der Waals surface area contributed by atoms with E-state index < -0.39 is 0 Å². The first kappa shape index (κ1) is 14.6. The molecule has 3 nitrogen and oxygen atoms in total. The lowest BCUT2D eigenvalue weighted by molar-refractivity contribution is 0.0939. The van der Waals surface area contributed by atoms with Crippen molar-refractivity contribution in [1.82, 2.24) is 5.32 Å². The summed E-state index contributed by atoms with van der Waals surface area (Å²) in [5.74, 6) is 0.0690. The Bertz CT molecular complexity index is 640. The van der Waals surface area contributed by atoms with E-state index in [-0.39, 0.29) is 17.7 Å². The van der Waals surface area contributed by atoms with E-state index in [1.54, 1.807) is 24.3 Å². The van der Waals surface area contributed by atoms with Gasteiger partial charge in [-0.05, 0) is 55.3 Å². The standard InChI is InChI=1S/C16H16BrNO2/c1-10-8-13(6-7-15(10)17)16(20)18-11(2)12-4-3-5-14(19)9-12/h3-9,11,19H,1-2H3,(H,18,20). The van der Waals surface area contributed by atoms with E-state index in [1.165, 1.54) is 0 Å². The molecule has 0 radical (unpaired) electrons. The summed E-state index contributed by atoms with van der Waals surface area (Å²) in [6, 6.07) is 12.2. The van der Waals surface area contributed by atoms with Crippen molar-refractivity contribution in [2.45, 2.75) is 19.9 Å². The zero-order chi connectivity index (χ0) is 14.7. The Morgan fingerprint density at radius 1 is 1.25 bits per heavy atom. The number of aryl methyl sites for hydroxylation is 1. The van der Waals surface area contributed by atoms with Crippen LogP contribution in [0.5, 0.6) is 5.75 Å². The van der Waals surface area contributed by atoms with Crippen molar-refractivity contribution in [3.8, 4) is 5.75 Å². The Labute approximate surface area is 126 Å². The molecule has 0 spiro atoms. The smallest absolute Gasteiger partial charge is 0.251 e. The highest BCUT2D eigenvalue weighted by atomic mass is 79.9. The molecule has 20 heavy (non-hydrogen) atoms. The average molecular weight is 334 g/mol. The Hall–Kier alpha value is -1.81. The number of hydrogen-bond acceptors (Lipinski definition) is 2. The first-order chi connectivity index (χ1) is 9.47. The van der Waals surface area contributed by atoms with Gasteiger partial charge in [0.2, 0.25) is 0 Å². The van der Waals surface area contributed by atoms with E-state index in [2.05, 4.69) is 21.2 Å². The predicted octanol–water partition coefficient (Wildman–Crippen LogP) is 3.95. The number of carbonyl (C=O) groups excluding carboxylic acids is 1. The number of nitrogens with one attached hydrogen (secondary N) is 1. The highest BCUT2D eigenvalue weighted by molar-refractivity contribution is 9.10. The van der Waals surface area contributed by atoms with Gasteiger partial charge in [0.25, 0.3) is 5.91 Å². The zero-order valence-electron chi connectivity index (χ0n) is 11.4. The Morgan fingerprint density at radius 3 is 2.65 bits per heavy atom. The van der Waals surface area contributed by atoms with Crippen molar-refractivity contribution >= 4 is 21.8 Å². The molecule has 104 valence electrons. The molecule has 0 saturated heterocycles. The largest absolute Gasteiger partial charge is 0.508 e. The number of rotatable bonds is 3. The fourth-order valence-corrected chi connectivity index (χ4v) is 2.19. The van der Waals surface area contributed by atoms with Crippen LogP contribution in [0.15, 0.2) is 46.9 Å². The summed E-state index contributed by atoms with van der Waals surface area (Å²) >= 11 is 3.41. The fraction of sp³-hybridized carbons (Fsp3) is 0.188. The van der Waals surface area contributed by atoms with Gasteiger partial charge in [0.15, 0.2) is 0 Å². The fourth-order valence-electron chi connectivity index (χ4n) is 1.94. The Balaban J connectivity index is 2.13. The molecule has 0 heterocycles. The summed E-state index contributed by atoms with van der Waals surface area (Å²) in [6.07, 6.45) is 0. The van der Waals surface area contributed by atoms with Gasteiger partial charge < -0.3 is 10.4 Å². The topological polar surface area (TPSA) is 49.3 Å². The molecule has 1 unspecified atom stereocenters. The maximum Gasteiger partial charge on any atom is 0.251 e. The molecule has 0 aliphatic heterocycles. The van der Waals surface area contributed by atoms with Crippen LogP contribution in [0, 0.1) is 6.92 Å². The zero-order valence-corrected chi connectivity index (χ0v) is 12.9. The molecule has 2 rings (SSSR count). The minimum atomic E-state index is -0.168. The number of aromatic hydroxyl groups is 1. The van der Waals surface area contributed by atoms with Crippen molar-refractivity contribution in [3.63, 3.8) is 0 Å². The summed E-state index contributed by atoms with van der Waals surface area (Å²) in [5, 5.41) is 12.4. The third-order valence-corrected chi connectivity index (χ3v) is 4.03. The molecule has 0 saturated carbocycles. The highest BCUT2D eigenvalue weighted by Crippen LogP contribution is 2.20. The third kappa shape index (κ3) is 3.39. The average Bonchev–Trinajstić information content (AvgIpc) is 2.41. The van der Waals surface area contributed by atoms with Gasteiger partial charge in [-0.1, -0.05) is 28.1 Å². The molecule has 0 aliphatic rings. The van der Waals surface area contributed by atoms with Crippen molar-refractivity contribution in [2.24, 2.45) is 0 Å². The number of phenolic OH excluding ortho intramolecular Hbond substituents is 1. The minimum absolute atomic E-state index is 0.128. The second-order valence-corrected chi connectivity index (χ2v) is 5.61. The second-order valence-electron chi connectivity index (χ2n) is 4.75. The number of phenols is 1. The number of hydrogen-bond donors (Lipinski definition) is 2.